The van der Waals surface area contributed by atoms with Gasteiger partial charge in [0.2, 0.25) is 11.7 Å². The number of ether oxygens (including phenoxy) is 1. The van der Waals surface area contributed by atoms with E-state index in [1.165, 1.54) is 0 Å². The van der Waals surface area contributed by atoms with Gasteiger partial charge in [0.1, 0.15) is 11.3 Å². The number of hydrogen-bond donors (Lipinski definition) is 0. The van der Waals surface area contributed by atoms with Gasteiger partial charge in [-0.25, -0.2) is 0 Å². The highest BCUT2D eigenvalue weighted by atomic mass is 16.5. The predicted molar refractivity (Wildman–Crippen MR) is 120 cm³/mol. The maximum Gasteiger partial charge on any atom is 0.254 e. The van der Waals surface area contributed by atoms with E-state index in [4.69, 9.17) is 13.7 Å². The summed E-state index contributed by atoms with van der Waals surface area (Å²) >= 11 is 0. The lowest BCUT2D eigenvalue weighted by molar-refractivity contribution is 0.0704. The highest BCUT2D eigenvalue weighted by Crippen LogP contribution is 2.32. The number of amides is 1. The molecule has 1 fully saturated rings. The molecule has 164 valence electrons. The second-order valence-electron chi connectivity index (χ2n) is 8.36. The number of carbonyl (C=O) groups is 1. The molecule has 2 aromatic heterocycles. The van der Waals surface area contributed by atoms with E-state index in [0.717, 1.165) is 23.8 Å². The summed E-state index contributed by atoms with van der Waals surface area (Å²) in [6, 6.07) is 15.3. The van der Waals surface area contributed by atoms with E-state index in [1.54, 1.807) is 12.3 Å². The number of piperidine rings is 1. The monoisotopic (exact) mass is 431 g/mol. The Kier molecular flexibility index (Phi) is 5.39. The summed E-state index contributed by atoms with van der Waals surface area (Å²) in [5, 5.41) is 5.00. The summed E-state index contributed by atoms with van der Waals surface area (Å²) in [5.41, 5.74) is 2.16. The first-order valence-corrected chi connectivity index (χ1v) is 10.9. The van der Waals surface area contributed by atoms with Crippen molar-refractivity contribution in [2.24, 2.45) is 0 Å². The maximum absolute atomic E-state index is 13.2. The minimum absolute atomic E-state index is 0.00405. The van der Waals surface area contributed by atoms with E-state index < -0.39 is 0 Å². The van der Waals surface area contributed by atoms with E-state index in [9.17, 15) is 4.79 Å². The molecule has 1 aliphatic heterocycles. The van der Waals surface area contributed by atoms with Gasteiger partial charge in [-0.1, -0.05) is 35.5 Å². The molecule has 2 aromatic carbocycles. The van der Waals surface area contributed by atoms with Crippen LogP contribution in [0, 0.1) is 0 Å². The van der Waals surface area contributed by atoms with Crippen LogP contribution in [-0.4, -0.2) is 40.1 Å². The fourth-order valence-electron chi connectivity index (χ4n) is 4.13. The molecule has 3 heterocycles. The first kappa shape index (κ1) is 20.3. The van der Waals surface area contributed by atoms with Gasteiger partial charge in [0.25, 0.3) is 5.91 Å². The standard InChI is InChI=1S/C25H25N3O4/c1-16(2)31-22-15-19(14-21-20(22)10-13-30-21)25(29)28-11-8-18(9-12-28)24-26-23(27-32-24)17-6-4-3-5-7-17/h3-7,10,13-16,18H,8-9,11-12H2,1-2H3. The van der Waals surface area contributed by atoms with E-state index in [0.29, 0.717) is 41.7 Å². The molecule has 0 aliphatic carbocycles. The molecule has 0 atom stereocenters. The van der Waals surface area contributed by atoms with Crippen molar-refractivity contribution < 1.29 is 18.5 Å². The van der Waals surface area contributed by atoms with E-state index >= 15 is 0 Å². The van der Waals surface area contributed by atoms with Crippen LogP contribution < -0.4 is 4.74 Å². The maximum atomic E-state index is 13.2. The van der Waals surface area contributed by atoms with Crippen molar-refractivity contribution in [3.63, 3.8) is 0 Å². The van der Waals surface area contributed by atoms with Gasteiger partial charge in [0, 0.05) is 30.1 Å². The molecule has 7 heteroatoms. The number of likely N-dealkylation sites (tertiary alicyclic amines) is 1. The van der Waals surface area contributed by atoms with Gasteiger partial charge in [-0.05, 0) is 44.9 Å². The van der Waals surface area contributed by atoms with Crippen LogP contribution in [0.5, 0.6) is 5.75 Å². The van der Waals surface area contributed by atoms with E-state index in [1.807, 2.05) is 61.2 Å². The molecule has 32 heavy (non-hydrogen) atoms. The van der Waals surface area contributed by atoms with E-state index in [-0.39, 0.29) is 17.9 Å². The molecule has 0 bridgehead atoms. The quantitative estimate of drug-likeness (QED) is 0.427. The zero-order valence-electron chi connectivity index (χ0n) is 18.2. The van der Waals surface area contributed by atoms with Crippen molar-refractivity contribution >= 4 is 16.9 Å². The van der Waals surface area contributed by atoms with Gasteiger partial charge >= 0.3 is 0 Å². The first-order chi connectivity index (χ1) is 15.6. The topological polar surface area (TPSA) is 81.6 Å². The molecule has 1 aliphatic rings. The lowest BCUT2D eigenvalue weighted by Gasteiger charge is -2.30. The fraction of sp³-hybridized carbons (Fsp3) is 0.320. The van der Waals surface area contributed by atoms with Crippen LogP contribution in [0.3, 0.4) is 0 Å². The largest absolute Gasteiger partial charge is 0.490 e. The second kappa shape index (κ2) is 8.49. The molecular weight excluding hydrogens is 406 g/mol. The Labute approximate surface area is 186 Å². The minimum Gasteiger partial charge on any atom is -0.490 e. The van der Waals surface area contributed by atoms with E-state index in [2.05, 4.69) is 10.1 Å². The molecule has 4 aromatic rings. The van der Waals surface area contributed by atoms with Crippen LogP contribution in [-0.2, 0) is 0 Å². The molecule has 0 saturated carbocycles. The molecule has 7 nitrogen and oxygen atoms in total. The number of furan rings is 1. The summed E-state index contributed by atoms with van der Waals surface area (Å²) in [4.78, 5) is 19.7. The van der Waals surface area contributed by atoms with Gasteiger partial charge in [0.15, 0.2) is 0 Å². The molecule has 0 unspecified atom stereocenters. The molecule has 1 amide bonds. The summed E-state index contributed by atoms with van der Waals surface area (Å²) in [5.74, 6) is 2.04. The molecule has 0 radical (unpaired) electrons. The van der Waals surface area contributed by atoms with Crippen molar-refractivity contribution in [1.29, 1.82) is 0 Å². The summed E-state index contributed by atoms with van der Waals surface area (Å²) < 4.78 is 17.0. The molecule has 5 rings (SSSR count). The highest BCUT2D eigenvalue weighted by Gasteiger charge is 2.29. The smallest absolute Gasteiger partial charge is 0.254 e. The van der Waals surface area contributed by atoms with Crippen molar-refractivity contribution in [3.05, 3.63) is 66.2 Å². The number of fused-ring (bicyclic) bond motifs is 1. The SMILES string of the molecule is CC(C)Oc1cc(C(=O)N2CCC(c3nc(-c4ccccc4)no3)CC2)cc2occc12. The number of aromatic nitrogens is 2. The van der Waals surface area contributed by atoms with Gasteiger partial charge in [-0.15, -0.1) is 0 Å². The van der Waals surface area contributed by atoms with Gasteiger partial charge < -0.3 is 18.6 Å². The molecule has 0 N–H and O–H groups in total. The lowest BCUT2D eigenvalue weighted by Crippen LogP contribution is -2.38. The van der Waals surface area contributed by atoms with Gasteiger partial charge in [-0.2, -0.15) is 4.98 Å². The highest BCUT2D eigenvalue weighted by molar-refractivity contribution is 5.99. The summed E-state index contributed by atoms with van der Waals surface area (Å²) in [7, 11) is 0. The number of rotatable bonds is 5. The minimum atomic E-state index is -0.0224. The van der Waals surface area contributed by atoms with Crippen LogP contribution >= 0.6 is 0 Å². The number of benzene rings is 2. The van der Waals surface area contributed by atoms with Crippen LogP contribution in [0.1, 0.15) is 48.9 Å². The Hall–Kier alpha value is -3.61. The normalized spacial score (nSPS) is 14.9. The summed E-state index contributed by atoms with van der Waals surface area (Å²) in [6.07, 6.45) is 3.18. The van der Waals surface area contributed by atoms with Gasteiger partial charge in [-0.3, -0.25) is 4.79 Å². The fourth-order valence-corrected chi connectivity index (χ4v) is 4.13. The lowest BCUT2D eigenvalue weighted by atomic mass is 9.96. The third kappa shape index (κ3) is 3.98. The van der Waals surface area contributed by atoms with Crippen LogP contribution in [0.4, 0.5) is 0 Å². The Morgan fingerprint density at radius 2 is 1.91 bits per heavy atom. The molecule has 1 saturated heterocycles. The Balaban J connectivity index is 1.28. The van der Waals surface area contributed by atoms with Crippen LogP contribution in [0.25, 0.3) is 22.4 Å². The third-order valence-electron chi connectivity index (χ3n) is 5.75. The average molecular weight is 431 g/mol. The Morgan fingerprint density at radius 1 is 1.12 bits per heavy atom. The van der Waals surface area contributed by atoms with Crippen LogP contribution in [0.2, 0.25) is 0 Å². The van der Waals surface area contributed by atoms with Crippen molar-refractivity contribution in [1.82, 2.24) is 15.0 Å². The average Bonchev–Trinajstić information content (AvgIpc) is 3.49. The first-order valence-electron chi connectivity index (χ1n) is 10.9. The Bertz CT molecular complexity index is 1220. The zero-order valence-corrected chi connectivity index (χ0v) is 18.2. The number of carbonyl (C=O) groups excluding carboxylic acids is 1. The summed E-state index contributed by atoms with van der Waals surface area (Å²) in [6.45, 7) is 5.18. The van der Waals surface area contributed by atoms with Crippen molar-refractivity contribution in [2.75, 3.05) is 13.1 Å². The number of hydrogen-bond acceptors (Lipinski definition) is 6. The number of nitrogens with zero attached hydrogens (tertiary/aromatic N) is 3. The van der Waals surface area contributed by atoms with Crippen molar-refractivity contribution in [2.45, 2.75) is 38.7 Å². The third-order valence-corrected chi connectivity index (χ3v) is 5.75. The van der Waals surface area contributed by atoms with Gasteiger partial charge in [0.05, 0.1) is 17.8 Å². The van der Waals surface area contributed by atoms with Crippen molar-refractivity contribution in [3.8, 4) is 17.1 Å². The van der Waals surface area contributed by atoms with Crippen LogP contribution in [0.15, 0.2) is 63.7 Å². The molecule has 0 spiro atoms. The predicted octanol–water partition coefficient (Wildman–Crippen LogP) is 5.29. The molecular formula is C25H25N3O4. The Morgan fingerprint density at radius 3 is 2.66 bits per heavy atom. The second-order valence-corrected chi connectivity index (χ2v) is 8.36. The zero-order chi connectivity index (χ0) is 22.1.